The van der Waals surface area contributed by atoms with Crippen LogP contribution in [0.3, 0.4) is 0 Å². The van der Waals surface area contributed by atoms with E-state index in [1.54, 1.807) is 0 Å². The van der Waals surface area contributed by atoms with Gasteiger partial charge in [-0.3, -0.25) is 10.3 Å². The second-order valence-corrected chi connectivity index (χ2v) is 3.91. The molecule has 0 radical (unpaired) electrons. The Morgan fingerprint density at radius 1 is 1.77 bits per heavy atom. The molecule has 6 nitrogen and oxygen atoms in total. The van der Waals surface area contributed by atoms with Crippen LogP contribution in [0.4, 0.5) is 0 Å². The Bertz CT molecular complexity index is 309. The average Bonchev–Trinajstić information content (AvgIpc) is 2.02. The van der Waals surface area contributed by atoms with Gasteiger partial charge in [-0.15, -0.1) is 0 Å². The molecule has 0 saturated carbocycles. The largest absolute Gasteiger partial charge is 0.423 e. The Kier molecular flexibility index (Phi) is 3.59. The van der Waals surface area contributed by atoms with Gasteiger partial charge in [-0.1, -0.05) is 13.5 Å². The average molecular weight is 209 g/mol. The highest BCUT2D eigenvalue weighted by atomic mass is 32.2. The lowest BCUT2D eigenvalue weighted by atomic mass is 10.4. The Morgan fingerprint density at radius 2 is 2.23 bits per heavy atom. The molecule has 0 aromatic heterocycles. The van der Waals surface area contributed by atoms with Gasteiger partial charge in [0, 0.05) is 12.5 Å². The van der Waals surface area contributed by atoms with Crippen molar-refractivity contribution >= 4 is 16.1 Å². The molecule has 0 fully saturated rings. The summed E-state index contributed by atoms with van der Waals surface area (Å²) in [7, 11) is -4.63. The molecule has 1 atom stereocenters. The lowest BCUT2D eigenvalue weighted by Gasteiger charge is -2.23. The van der Waals surface area contributed by atoms with Crippen molar-refractivity contribution in [3.8, 4) is 0 Å². The molecule has 0 amide bonds. The van der Waals surface area contributed by atoms with Crippen LogP contribution in [0.2, 0.25) is 0 Å². The van der Waals surface area contributed by atoms with Gasteiger partial charge in [0.2, 0.25) is 0 Å². The minimum Gasteiger partial charge on any atom is -0.423 e. The summed E-state index contributed by atoms with van der Waals surface area (Å²) in [5.41, 5.74) is 5.12. The minimum atomic E-state index is -4.63. The Balaban J connectivity index is 4.87. The van der Waals surface area contributed by atoms with Gasteiger partial charge in [0.15, 0.2) is 0 Å². The standard InChI is InChI=1S/C6H11NO5S/c1-3-5(8)12-6(7,4-2)13(9,10)11/h3H,1,4,7H2,2H3,(H,9,10,11). The molecule has 0 rings (SSSR count). The Labute approximate surface area is 76.1 Å². The van der Waals surface area contributed by atoms with Crippen LogP contribution < -0.4 is 5.73 Å². The molecule has 0 aliphatic carbocycles. The molecule has 7 heteroatoms. The zero-order valence-corrected chi connectivity index (χ0v) is 7.87. The van der Waals surface area contributed by atoms with Crippen LogP contribution in [0.5, 0.6) is 0 Å². The zero-order valence-electron chi connectivity index (χ0n) is 7.06. The Morgan fingerprint density at radius 3 is 2.46 bits per heavy atom. The van der Waals surface area contributed by atoms with E-state index >= 15 is 0 Å². The maximum atomic E-state index is 10.7. The van der Waals surface area contributed by atoms with Crippen molar-refractivity contribution in [2.24, 2.45) is 5.73 Å². The van der Waals surface area contributed by atoms with Crippen LogP contribution in [0, 0.1) is 0 Å². The van der Waals surface area contributed by atoms with Crippen LogP contribution in [-0.2, 0) is 19.6 Å². The highest BCUT2D eigenvalue weighted by Crippen LogP contribution is 2.15. The van der Waals surface area contributed by atoms with E-state index in [1.165, 1.54) is 6.92 Å². The van der Waals surface area contributed by atoms with Crippen molar-refractivity contribution in [3.63, 3.8) is 0 Å². The topological polar surface area (TPSA) is 107 Å². The third kappa shape index (κ3) is 2.79. The molecule has 0 aromatic rings. The second-order valence-electron chi connectivity index (χ2n) is 2.27. The second kappa shape index (κ2) is 3.86. The summed E-state index contributed by atoms with van der Waals surface area (Å²) in [5.74, 6) is -1.01. The third-order valence-corrected chi connectivity index (χ3v) is 2.61. The predicted molar refractivity (Wildman–Crippen MR) is 45.0 cm³/mol. The lowest BCUT2D eigenvalue weighted by Crippen LogP contribution is -2.50. The fourth-order valence-electron chi connectivity index (χ4n) is 0.519. The summed E-state index contributed by atoms with van der Waals surface area (Å²) in [5, 5.41) is -2.39. The molecule has 0 aromatic carbocycles. The number of carbonyl (C=O) groups is 1. The summed E-state index contributed by atoms with van der Waals surface area (Å²) >= 11 is 0. The van der Waals surface area contributed by atoms with Crippen LogP contribution in [0.15, 0.2) is 12.7 Å². The maximum Gasteiger partial charge on any atom is 0.332 e. The number of rotatable bonds is 4. The first-order chi connectivity index (χ1) is 5.77. The molecule has 0 saturated heterocycles. The van der Waals surface area contributed by atoms with Crippen molar-refractivity contribution in [2.75, 3.05) is 0 Å². The van der Waals surface area contributed by atoms with Crippen molar-refractivity contribution < 1.29 is 22.5 Å². The minimum absolute atomic E-state index is 0.259. The van der Waals surface area contributed by atoms with Gasteiger partial charge in [0.1, 0.15) is 0 Å². The van der Waals surface area contributed by atoms with Gasteiger partial charge in [0.05, 0.1) is 0 Å². The van der Waals surface area contributed by atoms with Crippen LogP contribution in [0.1, 0.15) is 13.3 Å². The van der Waals surface area contributed by atoms with Crippen molar-refractivity contribution in [1.82, 2.24) is 0 Å². The van der Waals surface area contributed by atoms with Gasteiger partial charge in [-0.25, -0.2) is 4.79 Å². The molecule has 76 valence electrons. The lowest BCUT2D eigenvalue weighted by molar-refractivity contribution is -0.146. The quantitative estimate of drug-likeness (QED) is 0.283. The number of carbonyl (C=O) groups excluding carboxylic acids is 1. The van der Waals surface area contributed by atoms with Gasteiger partial charge < -0.3 is 4.74 Å². The van der Waals surface area contributed by atoms with Gasteiger partial charge >= 0.3 is 16.1 Å². The summed E-state index contributed by atoms with van der Waals surface area (Å²) in [6, 6.07) is 0. The fraction of sp³-hybridized carbons (Fsp3) is 0.500. The number of esters is 1. The highest BCUT2D eigenvalue weighted by Gasteiger charge is 2.40. The van der Waals surface area contributed by atoms with E-state index in [0.29, 0.717) is 0 Å². The first-order valence-electron chi connectivity index (χ1n) is 3.38. The molecule has 0 aliphatic heterocycles. The zero-order chi connectivity index (χ0) is 10.7. The SMILES string of the molecule is C=CC(=O)OC(N)(CC)S(=O)(=O)O. The van der Waals surface area contributed by atoms with E-state index in [0.717, 1.165) is 6.08 Å². The smallest absolute Gasteiger partial charge is 0.332 e. The van der Waals surface area contributed by atoms with E-state index in [1.807, 2.05) is 0 Å². The molecule has 3 N–H and O–H groups in total. The number of ether oxygens (including phenoxy) is 1. The Hall–Kier alpha value is -0.920. The summed E-state index contributed by atoms with van der Waals surface area (Å²) in [6.07, 6.45) is 0.494. The molecule has 0 heterocycles. The summed E-state index contributed by atoms with van der Waals surface area (Å²) in [4.78, 5) is 10.6. The molecular formula is C6H11NO5S. The molecule has 0 spiro atoms. The van der Waals surface area contributed by atoms with E-state index in [2.05, 4.69) is 11.3 Å². The summed E-state index contributed by atoms with van der Waals surface area (Å²) in [6.45, 7) is 4.41. The van der Waals surface area contributed by atoms with E-state index in [9.17, 15) is 13.2 Å². The van der Waals surface area contributed by atoms with Crippen molar-refractivity contribution in [3.05, 3.63) is 12.7 Å². The highest BCUT2D eigenvalue weighted by molar-refractivity contribution is 7.87. The molecule has 0 aliphatic rings. The van der Waals surface area contributed by atoms with Crippen LogP contribution in [-0.4, -0.2) is 24.0 Å². The van der Waals surface area contributed by atoms with Gasteiger partial charge in [0.25, 0.3) is 5.06 Å². The van der Waals surface area contributed by atoms with E-state index in [-0.39, 0.29) is 6.42 Å². The van der Waals surface area contributed by atoms with Gasteiger partial charge in [-0.2, -0.15) is 8.42 Å². The first kappa shape index (κ1) is 12.1. The molecule has 13 heavy (non-hydrogen) atoms. The van der Waals surface area contributed by atoms with Crippen LogP contribution in [0.25, 0.3) is 0 Å². The number of hydrogen-bond acceptors (Lipinski definition) is 5. The van der Waals surface area contributed by atoms with Gasteiger partial charge in [-0.05, 0) is 0 Å². The van der Waals surface area contributed by atoms with Crippen molar-refractivity contribution in [1.29, 1.82) is 0 Å². The van der Waals surface area contributed by atoms with E-state index in [4.69, 9.17) is 10.3 Å². The van der Waals surface area contributed by atoms with Crippen molar-refractivity contribution in [2.45, 2.75) is 18.4 Å². The maximum absolute atomic E-state index is 10.7. The number of hydrogen-bond donors (Lipinski definition) is 2. The first-order valence-corrected chi connectivity index (χ1v) is 4.82. The van der Waals surface area contributed by atoms with E-state index < -0.39 is 21.1 Å². The third-order valence-electron chi connectivity index (χ3n) is 1.37. The number of nitrogens with two attached hydrogens (primary N) is 1. The molecule has 1 unspecified atom stereocenters. The monoisotopic (exact) mass is 209 g/mol. The predicted octanol–water partition coefficient (Wildman–Crippen LogP) is -0.374. The molecular weight excluding hydrogens is 198 g/mol. The molecule has 0 bridgehead atoms. The van der Waals surface area contributed by atoms with Crippen LogP contribution >= 0.6 is 0 Å². The normalized spacial score (nSPS) is 15.9. The summed E-state index contributed by atoms with van der Waals surface area (Å²) < 4.78 is 34.2. The fourth-order valence-corrected chi connectivity index (χ4v) is 1.07.